The van der Waals surface area contributed by atoms with Gasteiger partial charge in [-0.2, -0.15) is 0 Å². The van der Waals surface area contributed by atoms with Crippen LogP contribution in [-0.2, 0) is 16.0 Å². The third-order valence-electron chi connectivity index (χ3n) is 5.89. The van der Waals surface area contributed by atoms with Gasteiger partial charge in [-0.15, -0.1) is 0 Å². The van der Waals surface area contributed by atoms with Crippen LogP contribution in [0.2, 0.25) is 0 Å². The van der Waals surface area contributed by atoms with Gasteiger partial charge in [0.05, 0.1) is 25.4 Å². The molecule has 1 aliphatic rings. The van der Waals surface area contributed by atoms with Gasteiger partial charge in [0.2, 0.25) is 0 Å². The quantitative estimate of drug-likeness (QED) is 0.322. The standard InChI is InChI=1S/C26H32O5/c1-30-24(28)15-9-11-20-10-5-6-14-22(20)25-23(27)16-18-26(25,29)17-7-8-19-31-21-12-3-2-4-13-21/h2-6,10,12-14,16,18,23,25,27,29H,7-9,11,15,17,19H2,1H3/t23-,25+,26-/m1/s1. The highest BCUT2D eigenvalue weighted by Gasteiger charge is 2.43. The summed E-state index contributed by atoms with van der Waals surface area (Å²) in [4.78, 5) is 11.4. The third-order valence-corrected chi connectivity index (χ3v) is 5.89. The number of aliphatic hydroxyl groups excluding tert-OH is 1. The zero-order valence-electron chi connectivity index (χ0n) is 18.1. The Kier molecular flexibility index (Phi) is 8.27. The van der Waals surface area contributed by atoms with E-state index < -0.39 is 17.6 Å². The summed E-state index contributed by atoms with van der Waals surface area (Å²) in [6.07, 6.45) is 6.53. The lowest BCUT2D eigenvalue weighted by atomic mass is 9.78. The molecule has 0 radical (unpaired) electrons. The highest BCUT2D eigenvalue weighted by atomic mass is 16.5. The maximum atomic E-state index is 11.4. The minimum atomic E-state index is -1.11. The molecule has 0 amide bonds. The fourth-order valence-corrected chi connectivity index (χ4v) is 4.28. The van der Waals surface area contributed by atoms with Crippen molar-refractivity contribution in [2.24, 2.45) is 0 Å². The highest BCUT2D eigenvalue weighted by molar-refractivity contribution is 5.69. The molecular weight excluding hydrogens is 392 g/mol. The van der Waals surface area contributed by atoms with E-state index in [1.807, 2.05) is 54.6 Å². The molecule has 2 N–H and O–H groups in total. The number of benzene rings is 2. The average Bonchev–Trinajstić information content (AvgIpc) is 3.08. The van der Waals surface area contributed by atoms with Crippen LogP contribution in [0.1, 0.15) is 49.1 Å². The van der Waals surface area contributed by atoms with E-state index in [4.69, 9.17) is 9.47 Å². The summed E-state index contributed by atoms with van der Waals surface area (Å²) in [5.41, 5.74) is 0.878. The molecular formula is C26H32O5. The number of carbonyl (C=O) groups excluding carboxylic acids is 1. The number of aryl methyl sites for hydroxylation is 1. The maximum absolute atomic E-state index is 11.4. The van der Waals surface area contributed by atoms with Crippen molar-refractivity contribution < 1.29 is 24.5 Å². The second kappa shape index (κ2) is 11.1. The summed E-state index contributed by atoms with van der Waals surface area (Å²) in [5, 5.41) is 22.1. The molecule has 5 nitrogen and oxygen atoms in total. The van der Waals surface area contributed by atoms with Crippen LogP contribution in [0.3, 0.4) is 0 Å². The van der Waals surface area contributed by atoms with Crippen molar-refractivity contribution in [2.75, 3.05) is 13.7 Å². The van der Waals surface area contributed by atoms with Gasteiger partial charge >= 0.3 is 5.97 Å². The Bertz CT molecular complexity index is 863. The molecule has 5 heteroatoms. The van der Waals surface area contributed by atoms with Gasteiger partial charge in [-0.1, -0.05) is 54.6 Å². The molecule has 0 unspecified atom stereocenters. The molecule has 0 saturated heterocycles. The Labute approximate surface area is 184 Å². The molecule has 0 aliphatic heterocycles. The Morgan fingerprint density at radius 3 is 2.55 bits per heavy atom. The van der Waals surface area contributed by atoms with Gasteiger partial charge in [0, 0.05) is 12.3 Å². The second-order valence-corrected chi connectivity index (χ2v) is 8.07. The maximum Gasteiger partial charge on any atom is 0.305 e. The van der Waals surface area contributed by atoms with E-state index in [0.717, 1.165) is 29.7 Å². The Balaban J connectivity index is 1.60. The number of unbranched alkanes of at least 4 members (excludes halogenated alkanes) is 1. The predicted molar refractivity (Wildman–Crippen MR) is 120 cm³/mol. The van der Waals surface area contributed by atoms with Crippen molar-refractivity contribution in [1.82, 2.24) is 0 Å². The Morgan fingerprint density at radius 1 is 1.03 bits per heavy atom. The minimum absolute atomic E-state index is 0.228. The van der Waals surface area contributed by atoms with Gasteiger partial charge in [0.1, 0.15) is 5.75 Å². The van der Waals surface area contributed by atoms with Crippen LogP contribution < -0.4 is 4.74 Å². The summed E-state index contributed by atoms with van der Waals surface area (Å²) in [6, 6.07) is 17.5. The van der Waals surface area contributed by atoms with Crippen LogP contribution in [0.4, 0.5) is 0 Å². The number of para-hydroxylation sites is 1. The Hall–Kier alpha value is -2.63. The molecule has 0 heterocycles. The minimum Gasteiger partial charge on any atom is -0.494 e. The van der Waals surface area contributed by atoms with E-state index >= 15 is 0 Å². The number of carbonyl (C=O) groups is 1. The van der Waals surface area contributed by atoms with Gasteiger partial charge in [0.15, 0.2) is 0 Å². The lowest BCUT2D eigenvalue weighted by Gasteiger charge is -2.33. The smallest absolute Gasteiger partial charge is 0.305 e. The summed E-state index contributed by atoms with van der Waals surface area (Å²) >= 11 is 0. The fourth-order valence-electron chi connectivity index (χ4n) is 4.28. The molecule has 166 valence electrons. The molecule has 0 aromatic heterocycles. The first kappa shape index (κ1) is 23.0. The summed E-state index contributed by atoms with van der Waals surface area (Å²) in [7, 11) is 1.39. The molecule has 2 aromatic rings. The first-order valence-corrected chi connectivity index (χ1v) is 11.0. The number of rotatable bonds is 11. The molecule has 2 aromatic carbocycles. The SMILES string of the molecule is COC(=O)CCCc1ccccc1[C@H]1[C@H](O)C=C[C@]1(O)CCCCOc1ccccc1. The number of aliphatic hydroxyl groups is 2. The number of esters is 1. The van der Waals surface area contributed by atoms with Gasteiger partial charge in [-0.25, -0.2) is 0 Å². The highest BCUT2D eigenvalue weighted by Crippen LogP contribution is 2.43. The van der Waals surface area contributed by atoms with Crippen LogP contribution in [0.5, 0.6) is 5.75 Å². The topological polar surface area (TPSA) is 76.0 Å². The fraction of sp³-hybridized carbons (Fsp3) is 0.423. The predicted octanol–water partition coefficient (Wildman–Crippen LogP) is 4.18. The summed E-state index contributed by atoms with van der Waals surface area (Å²) in [6.45, 7) is 0.584. The lowest BCUT2D eigenvalue weighted by molar-refractivity contribution is -0.140. The van der Waals surface area contributed by atoms with Crippen molar-refractivity contribution >= 4 is 5.97 Å². The molecule has 3 atom stereocenters. The largest absolute Gasteiger partial charge is 0.494 e. The van der Waals surface area contributed by atoms with Gasteiger partial charge in [-0.05, 0) is 55.4 Å². The van der Waals surface area contributed by atoms with Crippen LogP contribution in [0, 0.1) is 0 Å². The first-order chi connectivity index (χ1) is 15.0. The number of hydrogen-bond acceptors (Lipinski definition) is 5. The van der Waals surface area contributed by atoms with E-state index in [9.17, 15) is 15.0 Å². The number of hydrogen-bond donors (Lipinski definition) is 2. The summed E-state index contributed by atoms with van der Waals surface area (Å²) < 4.78 is 10.5. The van der Waals surface area contributed by atoms with E-state index in [1.165, 1.54) is 7.11 Å². The molecule has 1 aliphatic carbocycles. The van der Waals surface area contributed by atoms with Crippen LogP contribution in [0.15, 0.2) is 66.7 Å². The zero-order chi connectivity index (χ0) is 22.1. The average molecular weight is 425 g/mol. The molecule has 0 bridgehead atoms. The van der Waals surface area contributed by atoms with Crippen LogP contribution >= 0.6 is 0 Å². The lowest BCUT2D eigenvalue weighted by Crippen LogP contribution is -2.36. The summed E-state index contributed by atoms with van der Waals surface area (Å²) in [5.74, 6) is 0.197. The number of ether oxygens (including phenoxy) is 2. The Morgan fingerprint density at radius 2 is 1.77 bits per heavy atom. The molecule has 3 rings (SSSR count). The van der Waals surface area contributed by atoms with Gasteiger partial charge in [-0.3, -0.25) is 4.79 Å². The number of methoxy groups -OCH3 is 1. The van der Waals surface area contributed by atoms with Crippen molar-refractivity contribution in [1.29, 1.82) is 0 Å². The van der Waals surface area contributed by atoms with Crippen molar-refractivity contribution in [3.05, 3.63) is 77.9 Å². The van der Waals surface area contributed by atoms with E-state index in [-0.39, 0.29) is 5.97 Å². The molecule has 0 spiro atoms. The molecule has 0 saturated carbocycles. The van der Waals surface area contributed by atoms with Crippen molar-refractivity contribution in [2.45, 2.75) is 56.1 Å². The molecule has 31 heavy (non-hydrogen) atoms. The zero-order valence-corrected chi connectivity index (χ0v) is 18.1. The second-order valence-electron chi connectivity index (χ2n) is 8.07. The normalized spacial score (nSPS) is 22.4. The monoisotopic (exact) mass is 424 g/mol. The first-order valence-electron chi connectivity index (χ1n) is 11.0. The molecule has 0 fully saturated rings. The van der Waals surface area contributed by atoms with Gasteiger partial charge < -0.3 is 19.7 Å². The van der Waals surface area contributed by atoms with Crippen molar-refractivity contribution in [3.63, 3.8) is 0 Å². The van der Waals surface area contributed by atoms with Gasteiger partial charge in [0.25, 0.3) is 0 Å². The van der Waals surface area contributed by atoms with E-state index in [1.54, 1.807) is 12.2 Å². The van der Waals surface area contributed by atoms with Crippen molar-refractivity contribution in [3.8, 4) is 5.75 Å². The third kappa shape index (κ3) is 6.18. The van der Waals surface area contributed by atoms with E-state index in [0.29, 0.717) is 32.3 Å². The van der Waals surface area contributed by atoms with Crippen LogP contribution in [-0.4, -0.2) is 41.6 Å². The van der Waals surface area contributed by atoms with Crippen LogP contribution in [0.25, 0.3) is 0 Å². The van der Waals surface area contributed by atoms with E-state index in [2.05, 4.69) is 0 Å².